The molecule has 0 saturated carbocycles. The van der Waals surface area contributed by atoms with Crippen molar-refractivity contribution in [3.05, 3.63) is 31.9 Å². The van der Waals surface area contributed by atoms with Crippen molar-refractivity contribution >= 4 is 43.5 Å². The Hall–Kier alpha value is 0.400. The summed E-state index contributed by atoms with van der Waals surface area (Å²) < 4.78 is 13.8. The molecule has 1 aromatic rings. The summed E-state index contributed by atoms with van der Waals surface area (Å²) in [6.07, 6.45) is 0. The van der Waals surface area contributed by atoms with Gasteiger partial charge in [0.2, 0.25) is 0 Å². The summed E-state index contributed by atoms with van der Waals surface area (Å²) in [5, 5.41) is 0.112. The molecule has 0 heterocycles. The molecule has 0 saturated heterocycles. The van der Waals surface area contributed by atoms with Crippen LogP contribution in [0.1, 0.15) is 0 Å². The number of rotatable bonds is 0. The second kappa shape index (κ2) is 3.20. The van der Waals surface area contributed by atoms with E-state index in [1.165, 1.54) is 6.07 Å². The van der Waals surface area contributed by atoms with E-state index in [9.17, 15) is 4.39 Å². The molecule has 0 atom stereocenters. The standard InChI is InChI=1S/C6H2Br2ClF/c7-3-1-4(8)6(10)5(9)2-3/h1-2H. The highest BCUT2D eigenvalue weighted by molar-refractivity contribution is 9.11. The minimum absolute atomic E-state index is 0.112. The molecule has 4 heteroatoms. The topological polar surface area (TPSA) is 0 Å². The van der Waals surface area contributed by atoms with Crippen molar-refractivity contribution in [1.29, 1.82) is 0 Å². The Morgan fingerprint density at radius 3 is 2.40 bits per heavy atom. The van der Waals surface area contributed by atoms with E-state index in [1.54, 1.807) is 6.07 Å². The van der Waals surface area contributed by atoms with Crippen LogP contribution in [-0.4, -0.2) is 0 Å². The third-order valence-electron chi connectivity index (χ3n) is 0.949. The predicted octanol–water partition coefficient (Wildman–Crippen LogP) is 4.00. The molecule has 0 radical (unpaired) electrons. The quantitative estimate of drug-likeness (QED) is 0.500. The minimum Gasteiger partial charge on any atom is -0.204 e. The second-order valence-electron chi connectivity index (χ2n) is 1.68. The van der Waals surface area contributed by atoms with Gasteiger partial charge in [0.15, 0.2) is 5.82 Å². The van der Waals surface area contributed by atoms with E-state index in [0.717, 1.165) is 4.47 Å². The largest absolute Gasteiger partial charge is 0.204 e. The van der Waals surface area contributed by atoms with Crippen LogP contribution in [0.15, 0.2) is 21.1 Å². The fourth-order valence-corrected chi connectivity index (χ4v) is 2.22. The van der Waals surface area contributed by atoms with E-state index in [-0.39, 0.29) is 5.02 Å². The van der Waals surface area contributed by atoms with Crippen molar-refractivity contribution in [2.45, 2.75) is 0 Å². The van der Waals surface area contributed by atoms with Crippen LogP contribution in [0.5, 0.6) is 0 Å². The zero-order valence-electron chi connectivity index (χ0n) is 4.67. The summed E-state index contributed by atoms with van der Waals surface area (Å²) in [5.41, 5.74) is 0. The average molecular weight is 288 g/mol. The molecule has 1 aromatic carbocycles. The van der Waals surface area contributed by atoms with Crippen molar-refractivity contribution in [3.8, 4) is 0 Å². The molecule has 0 fully saturated rings. The van der Waals surface area contributed by atoms with Gasteiger partial charge in [0.1, 0.15) is 0 Å². The second-order valence-corrected chi connectivity index (χ2v) is 3.86. The molecular weight excluding hydrogens is 286 g/mol. The summed E-state index contributed by atoms with van der Waals surface area (Å²) in [5.74, 6) is -0.426. The first-order chi connectivity index (χ1) is 4.61. The lowest BCUT2D eigenvalue weighted by atomic mass is 10.3. The normalized spacial score (nSPS) is 10.0. The van der Waals surface area contributed by atoms with Gasteiger partial charge in [-0.1, -0.05) is 27.5 Å². The van der Waals surface area contributed by atoms with Crippen LogP contribution in [0.3, 0.4) is 0 Å². The zero-order valence-corrected chi connectivity index (χ0v) is 8.59. The number of benzene rings is 1. The summed E-state index contributed by atoms with van der Waals surface area (Å²) >= 11 is 11.7. The van der Waals surface area contributed by atoms with Crippen molar-refractivity contribution in [2.75, 3.05) is 0 Å². The number of halogens is 4. The molecule has 0 aromatic heterocycles. The molecular formula is C6H2Br2ClF. The average Bonchev–Trinajstić information content (AvgIpc) is 1.82. The van der Waals surface area contributed by atoms with E-state index in [0.29, 0.717) is 4.47 Å². The Kier molecular flexibility index (Phi) is 2.72. The Morgan fingerprint density at radius 1 is 1.30 bits per heavy atom. The summed E-state index contributed by atoms with van der Waals surface area (Å²) in [6.45, 7) is 0. The van der Waals surface area contributed by atoms with Gasteiger partial charge in [0.25, 0.3) is 0 Å². The predicted molar refractivity (Wildman–Crippen MR) is 46.8 cm³/mol. The van der Waals surface area contributed by atoms with Crippen LogP contribution in [0, 0.1) is 5.82 Å². The maximum atomic E-state index is 12.7. The molecule has 0 N–H and O–H groups in total. The van der Waals surface area contributed by atoms with E-state index in [1.807, 2.05) is 0 Å². The van der Waals surface area contributed by atoms with Gasteiger partial charge in [-0.05, 0) is 28.1 Å². The lowest BCUT2D eigenvalue weighted by Gasteiger charge is -1.96. The maximum Gasteiger partial charge on any atom is 0.156 e. The minimum atomic E-state index is -0.426. The van der Waals surface area contributed by atoms with Crippen LogP contribution in [0.2, 0.25) is 5.02 Å². The van der Waals surface area contributed by atoms with E-state index in [2.05, 4.69) is 31.9 Å². The fraction of sp³-hybridized carbons (Fsp3) is 0. The van der Waals surface area contributed by atoms with Crippen molar-refractivity contribution in [3.63, 3.8) is 0 Å². The zero-order chi connectivity index (χ0) is 7.72. The van der Waals surface area contributed by atoms with Gasteiger partial charge in [-0.15, -0.1) is 0 Å². The van der Waals surface area contributed by atoms with Gasteiger partial charge in [0, 0.05) is 4.47 Å². The van der Waals surface area contributed by atoms with Crippen LogP contribution in [0.25, 0.3) is 0 Å². The third kappa shape index (κ3) is 1.71. The maximum absolute atomic E-state index is 12.7. The first kappa shape index (κ1) is 8.50. The van der Waals surface area contributed by atoms with E-state index in [4.69, 9.17) is 11.6 Å². The van der Waals surface area contributed by atoms with Gasteiger partial charge in [-0.2, -0.15) is 0 Å². The molecule has 0 aliphatic carbocycles. The molecule has 0 spiro atoms. The SMILES string of the molecule is Fc1c(Cl)cc(Br)cc1Br. The number of hydrogen-bond acceptors (Lipinski definition) is 0. The molecule has 0 aliphatic heterocycles. The Morgan fingerprint density at radius 2 is 1.90 bits per heavy atom. The monoisotopic (exact) mass is 286 g/mol. The van der Waals surface area contributed by atoms with Crippen LogP contribution in [-0.2, 0) is 0 Å². The lowest BCUT2D eigenvalue weighted by Crippen LogP contribution is -1.78. The van der Waals surface area contributed by atoms with Gasteiger partial charge < -0.3 is 0 Å². The van der Waals surface area contributed by atoms with Gasteiger partial charge in [-0.3, -0.25) is 0 Å². The van der Waals surface area contributed by atoms with E-state index >= 15 is 0 Å². The summed E-state index contributed by atoms with van der Waals surface area (Å²) in [7, 11) is 0. The Labute approximate surface area is 79.6 Å². The molecule has 0 aliphatic rings. The van der Waals surface area contributed by atoms with E-state index < -0.39 is 5.82 Å². The Bertz CT molecular complexity index is 239. The molecule has 0 amide bonds. The van der Waals surface area contributed by atoms with Crippen molar-refractivity contribution in [1.82, 2.24) is 0 Å². The van der Waals surface area contributed by atoms with Crippen molar-refractivity contribution < 1.29 is 4.39 Å². The van der Waals surface area contributed by atoms with Crippen LogP contribution < -0.4 is 0 Å². The molecule has 10 heavy (non-hydrogen) atoms. The van der Waals surface area contributed by atoms with Crippen LogP contribution in [0.4, 0.5) is 4.39 Å². The van der Waals surface area contributed by atoms with Crippen molar-refractivity contribution in [2.24, 2.45) is 0 Å². The molecule has 0 nitrogen and oxygen atoms in total. The molecule has 1 rings (SSSR count). The highest BCUT2D eigenvalue weighted by atomic mass is 79.9. The van der Waals surface area contributed by atoms with Crippen LogP contribution >= 0.6 is 43.5 Å². The highest BCUT2D eigenvalue weighted by Crippen LogP contribution is 2.27. The first-order valence-electron chi connectivity index (χ1n) is 2.41. The third-order valence-corrected chi connectivity index (χ3v) is 2.26. The van der Waals surface area contributed by atoms with Gasteiger partial charge in [0.05, 0.1) is 9.50 Å². The molecule has 54 valence electrons. The molecule has 0 bridgehead atoms. The van der Waals surface area contributed by atoms with Gasteiger partial charge in [-0.25, -0.2) is 4.39 Å². The Balaban J connectivity index is 3.31. The lowest BCUT2D eigenvalue weighted by molar-refractivity contribution is 0.621. The highest BCUT2D eigenvalue weighted by Gasteiger charge is 2.04. The number of hydrogen-bond donors (Lipinski definition) is 0. The van der Waals surface area contributed by atoms with Gasteiger partial charge >= 0.3 is 0 Å². The summed E-state index contributed by atoms with van der Waals surface area (Å²) in [6, 6.07) is 3.10. The summed E-state index contributed by atoms with van der Waals surface area (Å²) in [4.78, 5) is 0. The fourth-order valence-electron chi connectivity index (χ4n) is 0.525. The molecule has 0 unspecified atom stereocenters. The first-order valence-corrected chi connectivity index (χ1v) is 4.37. The smallest absolute Gasteiger partial charge is 0.156 e.